The molecule has 46 heavy (non-hydrogen) atoms. The first-order valence-electron chi connectivity index (χ1n) is 14.3. The molecule has 0 bridgehead atoms. The van der Waals surface area contributed by atoms with E-state index in [9.17, 15) is 14.7 Å². The van der Waals surface area contributed by atoms with E-state index in [4.69, 9.17) is 37.4 Å². The molecule has 1 saturated heterocycles. The smallest absolute Gasteiger partial charge is 0.301 e. The minimum Gasteiger partial charge on any atom is -0.507 e. The highest BCUT2D eigenvalue weighted by Gasteiger charge is 2.48. The second kappa shape index (κ2) is 14.8. The van der Waals surface area contributed by atoms with Crippen LogP contribution < -0.4 is 19.1 Å². The second-order valence-corrected chi connectivity index (χ2v) is 13.7. The highest BCUT2D eigenvalue weighted by atomic mass is 35.5. The molecular weight excluding hydrogens is 669 g/mol. The summed E-state index contributed by atoms with van der Waals surface area (Å²) >= 11 is 14.9. The zero-order valence-electron chi connectivity index (χ0n) is 25.5. The van der Waals surface area contributed by atoms with Crippen LogP contribution in [0.15, 0.2) is 70.6 Å². The highest BCUT2D eigenvalue weighted by molar-refractivity contribution is 8.00. The molecule has 1 aromatic heterocycles. The monoisotopic (exact) mass is 699 g/mol. The van der Waals surface area contributed by atoms with Crippen molar-refractivity contribution in [3.05, 3.63) is 93.0 Å². The van der Waals surface area contributed by atoms with Crippen LogP contribution in [0.1, 0.15) is 43.0 Å². The molecule has 9 nitrogen and oxygen atoms in total. The maximum atomic E-state index is 13.7. The molecule has 1 N–H and O–H groups in total. The maximum absolute atomic E-state index is 13.7. The Morgan fingerprint density at radius 1 is 1.00 bits per heavy atom. The number of halogens is 2. The number of hydrogen-bond acceptors (Lipinski definition) is 10. The van der Waals surface area contributed by atoms with E-state index < -0.39 is 17.7 Å². The van der Waals surface area contributed by atoms with Crippen LogP contribution in [-0.2, 0) is 15.3 Å². The largest absolute Gasteiger partial charge is 0.507 e. The van der Waals surface area contributed by atoms with E-state index in [-0.39, 0.29) is 16.5 Å². The van der Waals surface area contributed by atoms with Crippen LogP contribution >= 0.6 is 46.3 Å². The Labute approximate surface area is 285 Å². The van der Waals surface area contributed by atoms with Gasteiger partial charge in [-0.3, -0.25) is 14.5 Å². The number of nitrogens with zero attached hydrogens (tertiary/aromatic N) is 3. The van der Waals surface area contributed by atoms with Crippen LogP contribution in [0.3, 0.4) is 0 Å². The Hall–Kier alpha value is -3.77. The first kappa shape index (κ1) is 33.6. The van der Waals surface area contributed by atoms with Crippen molar-refractivity contribution in [1.82, 2.24) is 10.2 Å². The van der Waals surface area contributed by atoms with Gasteiger partial charge in [-0.1, -0.05) is 72.3 Å². The first-order chi connectivity index (χ1) is 22.1. The van der Waals surface area contributed by atoms with E-state index in [0.717, 1.165) is 23.3 Å². The average molecular weight is 701 g/mol. The molecule has 5 rings (SSSR count). The lowest BCUT2D eigenvalue weighted by atomic mass is 9.95. The second-order valence-electron chi connectivity index (χ2n) is 10.7. The van der Waals surface area contributed by atoms with Gasteiger partial charge in [0.2, 0.25) is 5.13 Å². The van der Waals surface area contributed by atoms with Gasteiger partial charge in [0.25, 0.3) is 5.78 Å². The number of anilines is 1. The summed E-state index contributed by atoms with van der Waals surface area (Å²) in [5, 5.41) is 21.3. The molecule has 3 aromatic carbocycles. The third-order valence-electron chi connectivity index (χ3n) is 7.23. The summed E-state index contributed by atoms with van der Waals surface area (Å²) < 4.78 is 17.4. The number of Topliss-reactive ketones (excluding diaryl/α,β-unsaturated/α-hetero) is 1. The van der Waals surface area contributed by atoms with Crippen molar-refractivity contribution >= 4 is 68.9 Å². The Balaban J connectivity index is 1.54. The third-order valence-corrected chi connectivity index (χ3v) is 9.92. The molecule has 1 aliphatic heterocycles. The number of hydrogen-bond donors (Lipinski definition) is 1. The summed E-state index contributed by atoms with van der Waals surface area (Å²) in [6, 6.07) is 16.0. The predicted octanol–water partition coefficient (Wildman–Crippen LogP) is 8.21. The third kappa shape index (κ3) is 7.28. The molecule has 0 spiro atoms. The van der Waals surface area contributed by atoms with Crippen LogP contribution in [0.2, 0.25) is 10.0 Å². The summed E-state index contributed by atoms with van der Waals surface area (Å²) in [4.78, 5) is 28.6. The Morgan fingerprint density at radius 3 is 2.43 bits per heavy atom. The SMILES string of the molecule is COc1ccc(/C(O)=C2/C(=O)C(=O)N(c3nnc(SCc4ccc(Cl)cc4Cl)s3)C2c2ccc(OCCC(C)C)c(OC)c2)cc1. The first-order valence-corrected chi connectivity index (χ1v) is 16.8. The van der Waals surface area contributed by atoms with Crippen LogP contribution in [0, 0.1) is 5.92 Å². The summed E-state index contributed by atoms with van der Waals surface area (Å²) in [5.41, 5.74) is 1.62. The molecule has 0 radical (unpaired) electrons. The number of carbonyl (C=O) groups is 2. The van der Waals surface area contributed by atoms with E-state index in [1.54, 1.807) is 54.6 Å². The van der Waals surface area contributed by atoms with Gasteiger partial charge in [-0.05, 0) is 72.0 Å². The summed E-state index contributed by atoms with van der Waals surface area (Å²) in [7, 11) is 3.05. The van der Waals surface area contributed by atoms with Crippen molar-refractivity contribution in [2.75, 3.05) is 25.7 Å². The Bertz CT molecular complexity index is 1780. The molecule has 1 unspecified atom stereocenters. The summed E-state index contributed by atoms with van der Waals surface area (Å²) in [6.45, 7) is 4.72. The van der Waals surface area contributed by atoms with Crippen molar-refractivity contribution in [1.29, 1.82) is 0 Å². The molecule has 4 aromatic rings. The number of thioether (sulfide) groups is 1. The number of carbonyl (C=O) groups excluding carboxylic acids is 2. The van der Waals surface area contributed by atoms with Gasteiger partial charge in [0.1, 0.15) is 11.5 Å². The number of ketones is 1. The fourth-order valence-electron chi connectivity index (χ4n) is 4.76. The Morgan fingerprint density at radius 2 is 1.76 bits per heavy atom. The summed E-state index contributed by atoms with van der Waals surface area (Å²) in [6.07, 6.45) is 0.856. The molecule has 1 amide bonds. The van der Waals surface area contributed by atoms with Crippen LogP contribution in [0.5, 0.6) is 17.2 Å². The molecule has 13 heteroatoms. The number of methoxy groups -OCH3 is 2. The topological polar surface area (TPSA) is 111 Å². The van der Waals surface area contributed by atoms with Crippen molar-refractivity contribution in [2.45, 2.75) is 36.4 Å². The molecule has 0 aliphatic carbocycles. The average Bonchev–Trinajstić information content (AvgIpc) is 3.61. The van der Waals surface area contributed by atoms with Crippen LogP contribution in [-0.4, -0.2) is 47.8 Å². The fourth-order valence-corrected chi connectivity index (χ4v) is 7.19. The molecule has 0 saturated carbocycles. The van der Waals surface area contributed by atoms with Crippen LogP contribution in [0.4, 0.5) is 5.13 Å². The van der Waals surface area contributed by atoms with Crippen molar-refractivity contribution in [3.8, 4) is 17.2 Å². The fraction of sp³-hybridized carbons (Fsp3) is 0.273. The number of amides is 1. The van der Waals surface area contributed by atoms with Crippen molar-refractivity contribution in [3.63, 3.8) is 0 Å². The number of ether oxygens (including phenoxy) is 3. The minimum absolute atomic E-state index is 0.0944. The van der Waals surface area contributed by atoms with Gasteiger partial charge >= 0.3 is 5.91 Å². The van der Waals surface area contributed by atoms with Gasteiger partial charge in [-0.25, -0.2) is 0 Å². The molecule has 1 aliphatic rings. The lowest BCUT2D eigenvalue weighted by molar-refractivity contribution is -0.132. The molecule has 1 fully saturated rings. The zero-order chi connectivity index (χ0) is 33.0. The number of aliphatic hydroxyl groups excluding tert-OH is 1. The lowest BCUT2D eigenvalue weighted by Crippen LogP contribution is -2.29. The van der Waals surface area contributed by atoms with E-state index in [0.29, 0.717) is 61.0 Å². The quantitative estimate of drug-likeness (QED) is 0.0514. The van der Waals surface area contributed by atoms with Crippen molar-refractivity contribution in [2.24, 2.45) is 5.92 Å². The zero-order valence-corrected chi connectivity index (χ0v) is 28.6. The number of benzene rings is 3. The van der Waals surface area contributed by atoms with Gasteiger partial charge in [0.15, 0.2) is 15.8 Å². The standard InChI is InChI=1S/C33H31Cl2N3O6S2/c1-18(2)13-14-44-25-12-8-20(15-26(25)43-4)28-27(29(39)19-6-10-23(42-3)11-7-19)30(40)31(41)38(28)32-36-37-33(46-32)45-17-21-5-9-22(34)16-24(21)35/h5-12,15-16,18,28,39H,13-14,17H2,1-4H3/b29-27-. The van der Waals surface area contributed by atoms with Crippen LogP contribution in [0.25, 0.3) is 5.76 Å². The normalized spacial score (nSPS) is 15.9. The van der Waals surface area contributed by atoms with Gasteiger partial charge in [0, 0.05) is 21.4 Å². The number of rotatable bonds is 12. The van der Waals surface area contributed by atoms with E-state index >= 15 is 0 Å². The number of aromatic nitrogens is 2. The van der Waals surface area contributed by atoms with E-state index in [1.165, 1.54) is 30.9 Å². The molecule has 1 atom stereocenters. The molecule has 2 heterocycles. The Kier molecular flexibility index (Phi) is 10.8. The number of aliphatic hydroxyl groups is 1. The molecule has 240 valence electrons. The van der Waals surface area contributed by atoms with E-state index in [2.05, 4.69) is 24.0 Å². The van der Waals surface area contributed by atoms with Gasteiger partial charge in [-0.15, -0.1) is 10.2 Å². The highest BCUT2D eigenvalue weighted by Crippen LogP contribution is 2.46. The van der Waals surface area contributed by atoms with Crippen molar-refractivity contribution < 1.29 is 28.9 Å². The maximum Gasteiger partial charge on any atom is 0.301 e. The van der Waals surface area contributed by atoms with E-state index in [1.807, 2.05) is 6.07 Å². The van der Waals surface area contributed by atoms with Gasteiger partial charge < -0.3 is 19.3 Å². The lowest BCUT2D eigenvalue weighted by Gasteiger charge is -2.23. The van der Waals surface area contributed by atoms with Gasteiger partial charge in [-0.2, -0.15) is 0 Å². The minimum atomic E-state index is -1.03. The predicted molar refractivity (Wildman–Crippen MR) is 182 cm³/mol. The van der Waals surface area contributed by atoms with Gasteiger partial charge in [0.05, 0.1) is 32.4 Å². The summed E-state index contributed by atoms with van der Waals surface area (Å²) in [5.74, 6) is 0.433. The molecular formula is C33H31Cl2N3O6S2.